The van der Waals surface area contributed by atoms with Gasteiger partial charge in [0, 0.05) is 12.1 Å². The van der Waals surface area contributed by atoms with E-state index in [1.165, 1.54) is 0 Å². The standard InChI is InChI=1S/C10H13NOS/c1-8(2)10(13)12-7-9-5-3-4-6-11-9/h3-6,8H,7H2,1-2H3. The first-order valence-corrected chi connectivity index (χ1v) is 4.67. The molecule has 0 aliphatic rings. The number of pyridine rings is 1. The van der Waals surface area contributed by atoms with Crippen LogP contribution >= 0.6 is 12.2 Å². The Labute approximate surface area is 83.9 Å². The van der Waals surface area contributed by atoms with Crippen LogP contribution in [0.3, 0.4) is 0 Å². The van der Waals surface area contributed by atoms with Crippen LogP contribution < -0.4 is 0 Å². The molecule has 1 heterocycles. The summed E-state index contributed by atoms with van der Waals surface area (Å²) in [6.45, 7) is 4.50. The monoisotopic (exact) mass is 195 g/mol. The highest BCUT2D eigenvalue weighted by molar-refractivity contribution is 7.80. The van der Waals surface area contributed by atoms with E-state index in [4.69, 9.17) is 17.0 Å². The van der Waals surface area contributed by atoms with Gasteiger partial charge < -0.3 is 4.74 Å². The van der Waals surface area contributed by atoms with E-state index in [-0.39, 0.29) is 0 Å². The second kappa shape index (κ2) is 4.92. The maximum atomic E-state index is 5.36. The van der Waals surface area contributed by atoms with Gasteiger partial charge in [0.05, 0.1) is 5.69 Å². The van der Waals surface area contributed by atoms with Crippen LogP contribution in [-0.2, 0) is 11.3 Å². The minimum absolute atomic E-state index is 0.290. The van der Waals surface area contributed by atoms with Gasteiger partial charge in [0.2, 0.25) is 0 Å². The predicted molar refractivity (Wildman–Crippen MR) is 56.5 cm³/mol. The summed E-state index contributed by atoms with van der Waals surface area (Å²) in [5.74, 6) is 0.290. The molecule has 0 N–H and O–H groups in total. The predicted octanol–water partition coefficient (Wildman–Crippen LogP) is 2.58. The first kappa shape index (κ1) is 10.1. The van der Waals surface area contributed by atoms with E-state index in [0.29, 0.717) is 17.6 Å². The summed E-state index contributed by atoms with van der Waals surface area (Å²) in [7, 11) is 0. The van der Waals surface area contributed by atoms with E-state index < -0.39 is 0 Å². The van der Waals surface area contributed by atoms with Gasteiger partial charge in [-0.25, -0.2) is 0 Å². The van der Waals surface area contributed by atoms with E-state index in [0.717, 1.165) is 5.69 Å². The van der Waals surface area contributed by atoms with Crippen LogP contribution in [0.25, 0.3) is 0 Å². The van der Waals surface area contributed by atoms with Gasteiger partial charge >= 0.3 is 0 Å². The van der Waals surface area contributed by atoms with Crippen molar-refractivity contribution < 1.29 is 4.74 Å². The van der Waals surface area contributed by atoms with Crippen molar-refractivity contribution in [3.05, 3.63) is 30.1 Å². The molecule has 0 bridgehead atoms. The third-order valence-corrected chi connectivity index (χ3v) is 2.15. The van der Waals surface area contributed by atoms with Crippen LogP contribution in [0.2, 0.25) is 0 Å². The first-order chi connectivity index (χ1) is 6.20. The van der Waals surface area contributed by atoms with Crippen LogP contribution in [0.5, 0.6) is 0 Å². The highest BCUT2D eigenvalue weighted by Crippen LogP contribution is 2.03. The number of aromatic nitrogens is 1. The fraction of sp³-hybridized carbons (Fsp3) is 0.400. The van der Waals surface area contributed by atoms with Gasteiger partial charge in [0.15, 0.2) is 5.05 Å². The Kier molecular flexibility index (Phi) is 3.83. The summed E-state index contributed by atoms with van der Waals surface area (Å²) < 4.78 is 5.36. The maximum Gasteiger partial charge on any atom is 0.162 e. The molecule has 0 saturated heterocycles. The Balaban J connectivity index is 2.40. The summed E-state index contributed by atoms with van der Waals surface area (Å²) in [5, 5.41) is 0.644. The van der Waals surface area contributed by atoms with Crippen molar-refractivity contribution >= 4 is 17.3 Å². The van der Waals surface area contributed by atoms with Crippen LogP contribution in [0.1, 0.15) is 19.5 Å². The van der Waals surface area contributed by atoms with E-state index in [1.54, 1.807) is 6.20 Å². The van der Waals surface area contributed by atoms with Crippen LogP contribution in [0.15, 0.2) is 24.4 Å². The zero-order valence-electron chi connectivity index (χ0n) is 7.86. The third kappa shape index (κ3) is 3.51. The summed E-state index contributed by atoms with van der Waals surface area (Å²) in [4.78, 5) is 4.13. The van der Waals surface area contributed by atoms with Gasteiger partial charge in [-0.3, -0.25) is 4.98 Å². The second-order valence-electron chi connectivity index (χ2n) is 3.08. The largest absolute Gasteiger partial charge is 0.480 e. The van der Waals surface area contributed by atoms with Gasteiger partial charge in [-0.05, 0) is 24.4 Å². The van der Waals surface area contributed by atoms with Crippen LogP contribution in [-0.4, -0.2) is 10.0 Å². The molecule has 0 atom stereocenters. The molecule has 0 aliphatic heterocycles. The highest BCUT2D eigenvalue weighted by Gasteiger charge is 2.03. The molecular weight excluding hydrogens is 182 g/mol. The van der Waals surface area contributed by atoms with Crippen molar-refractivity contribution in [2.75, 3.05) is 0 Å². The molecule has 0 saturated carbocycles. The number of rotatable bonds is 3. The highest BCUT2D eigenvalue weighted by atomic mass is 32.1. The summed E-state index contributed by atoms with van der Waals surface area (Å²) in [6.07, 6.45) is 1.75. The fourth-order valence-corrected chi connectivity index (χ4v) is 0.854. The van der Waals surface area contributed by atoms with E-state index in [1.807, 2.05) is 32.0 Å². The molecule has 0 fully saturated rings. The average Bonchev–Trinajstić information content (AvgIpc) is 2.15. The summed E-state index contributed by atoms with van der Waals surface area (Å²) in [6, 6.07) is 5.73. The summed E-state index contributed by atoms with van der Waals surface area (Å²) >= 11 is 5.03. The quantitative estimate of drug-likeness (QED) is 0.692. The Morgan fingerprint density at radius 1 is 1.54 bits per heavy atom. The molecule has 2 nitrogen and oxygen atoms in total. The SMILES string of the molecule is CC(C)C(=S)OCc1ccccn1. The van der Waals surface area contributed by atoms with Crippen molar-refractivity contribution in [3.63, 3.8) is 0 Å². The van der Waals surface area contributed by atoms with Gasteiger partial charge in [-0.2, -0.15) is 0 Å². The first-order valence-electron chi connectivity index (χ1n) is 4.26. The van der Waals surface area contributed by atoms with Crippen molar-refractivity contribution in [1.29, 1.82) is 0 Å². The van der Waals surface area contributed by atoms with Crippen molar-refractivity contribution in [2.45, 2.75) is 20.5 Å². The third-order valence-electron chi connectivity index (χ3n) is 1.56. The van der Waals surface area contributed by atoms with Gasteiger partial charge in [0.25, 0.3) is 0 Å². The molecular formula is C10H13NOS. The van der Waals surface area contributed by atoms with Gasteiger partial charge in [0.1, 0.15) is 6.61 Å². The molecule has 0 unspecified atom stereocenters. The summed E-state index contributed by atoms with van der Waals surface area (Å²) in [5.41, 5.74) is 0.908. The number of nitrogens with zero attached hydrogens (tertiary/aromatic N) is 1. The Morgan fingerprint density at radius 3 is 2.85 bits per heavy atom. The molecule has 13 heavy (non-hydrogen) atoms. The lowest BCUT2D eigenvalue weighted by Gasteiger charge is -2.08. The number of hydrogen-bond donors (Lipinski definition) is 0. The molecule has 1 rings (SSSR count). The topological polar surface area (TPSA) is 22.1 Å². The van der Waals surface area contributed by atoms with E-state index in [2.05, 4.69) is 4.98 Å². The normalized spacial score (nSPS) is 10.1. The zero-order chi connectivity index (χ0) is 9.68. The van der Waals surface area contributed by atoms with Crippen molar-refractivity contribution in [1.82, 2.24) is 4.98 Å². The van der Waals surface area contributed by atoms with Gasteiger partial charge in [-0.15, -0.1) is 0 Å². The number of hydrogen-bond acceptors (Lipinski definition) is 3. The molecule has 0 aliphatic carbocycles. The Hall–Kier alpha value is -0.960. The molecule has 0 radical (unpaired) electrons. The minimum atomic E-state index is 0.290. The van der Waals surface area contributed by atoms with E-state index >= 15 is 0 Å². The van der Waals surface area contributed by atoms with Crippen molar-refractivity contribution in [2.24, 2.45) is 5.92 Å². The lowest BCUT2D eigenvalue weighted by molar-refractivity contribution is 0.279. The molecule has 0 amide bonds. The smallest absolute Gasteiger partial charge is 0.162 e. The molecule has 1 aromatic heterocycles. The van der Waals surface area contributed by atoms with Crippen molar-refractivity contribution in [3.8, 4) is 0 Å². The van der Waals surface area contributed by atoms with Crippen LogP contribution in [0, 0.1) is 5.92 Å². The number of ether oxygens (including phenoxy) is 1. The lowest BCUT2D eigenvalue weighted by atomic mass is 10.2. The molecule has 70 valence electrons. The molecule has 3 heteroatoms. The van der Waals surface area contributed by atoms with Crippen LogP contribution in [0.4, 0.5) is 0 Å². The molecule has 0 aromatic carbocycles. The second-order valence-corrected chi connectivity index (χ2v) is 3.49. The van der Waals surface area contributed by atoms with E-state index in [9.17, 15) is 0 Å². The lowest BCUT2D eigenvalue weighted by Crippen LogP contribution is -2.09. The fourth-order valence-electron chi connectivity index (χ4n) is 0.795. The minimum Gasteiger partial charge on any atom is -0.480 e. The average molecular weight is 195 g/mol. The molecule has 1 aromatic rings. The van der Waals surface area contributed by atoms with Gasteiger partial charge in [-0.1, -0.05) is 19.9 Å². The maximum absolute atomic E-state index is 5.36. The molecule has 0 spiro atoms. The Bertz CT molecular complexity index is 272. The Morgan fingerprint density at radius 2 is 2.31 bits per heavy atom. The zero-order valence-corrected chi connectivity index (χ0v) is 8.67. The number of thiocarbonyl (C=S) groups is 1.